The highest BCUT2D eigenvalue weighted by Crippen LogP contribution is 2.07. The molecule has 0 saturated heterocycles. The Bertz CT molecular complexity index is 302. The first kappa shape index (κ1) is 6.73. The summed E-state index contributed by atoms with van der Waals surface area (Å²) in [7, 11) is 0. The molecular formula is C6H3N3S. The van der Waals surface area contributed by atoms with Crippen LogP contribution in [-0.4, -0.2) is 4.98 Å². The molecule has 0 aliphatic rings. The standard InChI is InChI=1S/C6H3N3S/c7-2-1-5-4-10-6(3-8)9-5/h4H,1H2. The number of nitrogens with zero attached hydrogens (tertiary/aromatic N) is 3. The molecule has 0 aliphatic heterocycles. The SMILES string of the molecule is N#CCc1csc(C#N)n1. The van der Waals surface area contributed by atoms with Gasteiger partial charge in [-0.05, 0) is 0 Å². The molecule has 1 aromatic heterocycles. The Morgan fingerprint density at radius 1 is 1.60 bits per heavy atom. The van der Waals surface area contributed by atoms with Crippen molar-refractivity contribution in [3.63, 3.8) is 0 Å². The van der Waals surface area contributed by atoms with Gasteiger partial charge in [0.05, 0.1) is 18.2 Å². The molecule has 0 aromatic carbocycles. The molecule has 10 heavy (non-hydrogen) atoms. The summed E-state index contributed by atoms with van der Waals surface area (Å²) < 4.78 is 0. The number of aromatic nitrogens is 1. The number of rotatable bonds is 1. The smallest absolute Gasteiger partial charge is 0.194 e. The van der Waals surface area contributed by atoms with Crippen molar-refractivity contribution in [3.8, 4) is 12.1 Å². The molecule has 1 rings (SSSR count). The molecule has 1 aromatic rings. The lowest BCUT2D eigenvalue weighted by Gasteiger charge is -1.76. The van der Waals surface area contributed by atoms with Crippen molar-refractivity contribution in [2.75, 3.05) is 0 Å². The van der Waals surface area contributed by atoms with Gasteiger partial charge in [-0.2, -0.15) is 10.5 Å². The van der Waals surface area contributed by atoms with E-state index in [0.717, 1.165) is 0 Å². The molecule has 4 heteroatoms. The Morgan fingerprint density at radius 3 is 2.90 bits per heavy atom. The molecule has 0 N–H and O–H groups in total. The molecule has 0 amide bonds. The van der Waals surface area contributed by atoms with Gasteiger partial charge in [-0.3, -0.25) is 0 Å². The Kier molecular flexibility index (Phi) is 1.99. The second-order valence-corrected chi connectivity index (χ2v) is 2.45. The monoisotopic (exact) mass is 149 g/mol. The predicted octanol–water partition coefficient (Wildman–Crippen LogP) is 1.08. The van der Waals surface area contributed by atoms with E-state index in [0.29, 0.717) is 10.7 Å². The van der Waals surface area contributed by atoms with Gasteiger partial charge in [0.25, 0.3) is 0 Å². The topological polar surface area (TPSA) is 60.5 Å². The van der Waals surface area contributed by atoms with Gasteiger partial charge in [-0.1, -0.05) is 0 Å². The van der Waals surface area contributed by atoms with Crippen LogP contribution in [-0.2, 0) is 6.42 Å². The van der Waals surface area contributed by atoms with Crippen LogP contribution in [0, 0.1) is 22.7 Å². The minimum atomic E-state index is 0.290. The van der Waals surface area contributed by atoms with Gasteiger partial charge in [0.2, 0.25) is 0 Å². The highest BCUT2D eigenvalue weighted by Gasteiger charge is 1.97. The Labute approximate surface area is 62.2 Å². The minimum Gasteiger partial charge on any atom is -0.230 e. The first-order valence-electron chi connectivity index (χ1n) is 2.58. The molecule has 0 aliphatic carbocycles. The van der Waals surface area contributed by atoms with Crippen LogP contribution >= 0.6 is 11.3 Å². The van der Waals surface area contributed by atoms with Crippen LogP contribution in [0.25, 0.3) is 0 Å². The second-order valence-electron chi connectivity index (χ2n) is 1.59. The summed E-state index contributed by atoms with van der Waals surface area (Å²) in [5, 5.41) is 18.7. The highest BCUT2D eigenvalue weighted by atomic mass is 32.1. The third-order valence-corrected chi connectivity index (χ3v) is 1.70. The van der Waals surface area contributed by atoms with Crippen LogP contribution in [0.3, 0.4) is 0 Å². The Balaban J connectivity index is 2.83. The zero-order valence-electron chi connectivity index (χ0n) is 5.03. The van der Waals surface area contributed by atoms with E-state index in [1.165, 1.54) is 11.3 Å². The van der Waals surface area contributed by atoms with Crippen molar-refractivity contribution in [1.82, 2.24) is 4.98 Å². The highest BCUT2D eigenvalue weighted by molar-refractivity contribution is 7.10. The van der Waals surface area contributed by atoms with Crippen molar-refractivity contribution >= 4 is 11.3 Å². The van der Waals surface area contributed by atoms with Gasteiger partial charge in [0.1, 0.15) is 6.07 Å². The predicted molar refractivity (Wildman–Crippen MR) is 36.1 cm³/mol. The van der Waals surface area contributed by atoms with Crippen LogP contribution in [0.5, 0.6) is 0 Å². The number of nitriles is 2. The third-order valence-electron chi connectivity index (χ3n) is 0.908. The summed E-state index contributed by atoms with van der Waals surface area (Å²) >= 11 is 1.27. The van der Waals surface area contributed by atoms with Crippen molar-refractivity contribution in [2.24, 2.45) is 0 Å². The quantitative estimate of drug-likeness (QED) is 0.600. The lowest BCUT2D eigenvalue weighted by atomic mass is 10.4. The lowest BCUT2D eigenvalue weighted by molar-refractivity contribution is 1.14. The lowest BCUT2D eigenvalue weighted by Crippen LogP contribution is -1.79. The molecule has 0 fully saturated rings. The van der Waals surface area contributed by atoms with Crippen molar-refractivity contribution < 1.29 is 0 Å². The molecule has 48 valence electrons. The fourth-order valence-electron chi connectivity index (χ4n) is 0.521. The van der Waals surface area contributed by atoms with E-state index in [1.54, 1.807) is 5.38 Å². The van der Waals surface area contributed by atoms with Crippen LogP contribution in [0.15, 0.2) is 5.38 Å². The molecule has 0 radical (unpaired) electrons. The number of hydrogen-bond acceptors (Lipinski definition) is 4. The van der Waals surface area contributed by atoms with E-state index in [2.05, 4.69) is 4.98 Å². The van der Waals surface area contributed by atoms with Crippen molar-refractivity contribution in [1.29, 1.82) is 10.5 Å². The van der Waals surface area contributed by atoms with E-state index >= 15 is 0 Å². The van der Waals surface area contributed by atoms with Crippen LogP contribution in [0.4, 0.5) is 0 Å². The first-order valence-corrected chi connectivity index (χ1v) is 3.46. The van der Waals surface area contributed by atoms with E-state index in [4.69, 9.17) is 10.5 Å². The summed E-state index contributed by atoms with van der Waals surface area (Å²) in [6.07, 6.45) is 0.290. The van der Waals surface area contributed by atoms with Crippen molar-refractivity contribution in [2.45, 2.75) is 6.42 Å². The summed E-state index contributed by atoms with van der Waals surface area (Å²) in [5.41, 5.74) is 0.684. The molecule has 3 nitrogen and oxygen atoms in total. The van der Waals surface area contributed by atoms with Crippen LogP contribution in [0.2, 0.25) is 0 Å². The third kappa shape index (κ3) is 1.31. The molecular weight excluding hydrogens is 146 g/mol. The minimum absolute atomic E-state index is 0.290. The van der Waals surface area contributed by atoms with Gasteiger partial charge in [-0.25, -0.2) is 4.98 Å². The summed E-state index contributed by atoms with van der Waals surface area (Å²) in [6, 6.07) is 3.86. The average Bonchev–Trinajstić information content (AvgIpc) is 2.37. The van der Waals surface area contributed by atoms with Gasteiger partial charge in [-0.15, -0.1) is 11.3 Å². The molecule has 0 bridgehead atoms. The fraction of sp³-hybridized carbons (Fsp3) is 0.167. The molecule has 0 spiro atoms. The molecule has 0 saturated carbocycles. The molecule has 0 unspecified atom stereocenters. The summed E-state index contributed by atoms with van der Waals surface area (Å²) in [6.45, 7) is 0. The van der Waals surface area contributed by atoms with Gasteiger partial charge >= 0.3 is 0 Å². The van der Waals surface area contributed by atoms with Crippen LogP contribution < -0.4 is 0 Å². The Hall–Kier alpha value is -1.39. The van der Waals surface area contributed by atoms with Gasteiger partial charge in [0, 0.05) is 5.38 Å². The fourth-order valence-corrected chi connectivity index (χ4v) is 1.13. The maximum absolute atomic E-state index is 8.33. The van der Waals surface area contributed by atoms with E-state index in [9.17, 15) is 0 Å². The molecule has 1 heterocycles. The average molecular weight is 149 g/mol. The first-order chi connectivity index (χ1) is 4.86. The van der Waals surface area contributed by atoms with E-state index < -0.39 is 0 Å². The largest absolute Gasteiger partial charge is 0.230 e. The number of hydrogen-bond donors (Lipinski definition) is 0. The maximum atomic E-state index is 8.33. The Morgan fingerprint density at radius 2 is 2.40 bits per heavy atom. The zero-order chi connectivity index (χ0) is 7.40. The summed E-state index contributed by atoms with van der Waals surface area (Å²) in [5.74, 6) is 0. The normalized spacial score (nSPS) is 8.20. The van der Waals surface area contributed by atoms with Crippen molar-refractivity contribution in [3.05, 3.63) is 16.1 Å². The zero-order valence-corrected chi connectivity index (χ0v) is 5.85. The number of thiazole rings is 1. The van der Waals surface area contributed by atoms with E-state index in [-0.39, 0.29) is 6.42 Å². The maximum Gasteiger partial charge on any atom is 0.194 e. The van der Waals surface area contributed by atoms with Gasteiger partial charge in [0.15, 0.2) is 5.01 Å². The van der Waals surface area contributed by atoms with Gasteiger partial charge < -0.3 is 0 Å². The summed E-state index contributed by atoms with van der Waals surface area (Å²) in [4.78, 5) is 3.85. The van der Waals surface area contributed by atoms with Crippen LogP contribution in [0.1, 0.15) is 10.7 Å². The van der Waals surface area contributed by atoms with E-state index in [1.807, 2.05) is 12.1 Å². The second kappa shape index (κ2) is 2.95. The molecule has 0 atom stereocenters.